The van der Waals surface area contributed by atoms with Gasteiger partial charge in [-0.15, -0.1) is 0 Å². The molecule has 52 heavy (non-hydrogen) atoms. The lowest BCUT2D eigenvalue weighted by Crippen LogP contribution is -2.54. The third-order valence-electron chi connectivity index (χ3n) is 9.57. The molecule has 0 unspecified atom stereocenters. The van der Waals surface area contributed by atoms with Crippen molar-refractivity contribution in [1.82, 2.24) is 10.2 Å². The highest BCUT2D eigenvalue weighted by atomic mass is 32.2. The van der Waals surface area contributed by atoms with Crippen molar-refractivity contribution in [3.05, 3.63) is 156 Å². The van der Waals surface area contributed by atoms with Crippen LogP contribution in [-0.2, 0) is 32.6 Å². The zero-order valence-electron chi connectivity index (χ0n) is 29.7. The van der Waals surface area contributed by atoms with Crippen LogP contribution in [-0.4, -0.2) is 43.8 Å². The molecule has 0 bridgehead atoms. The van der Waals surface area contributed by atoms with E-state index in [1.165, 1.54) is 0 Å². The van der Waals surface area contributed by atoms with Gasteiger partial charge in [-0.1, -0.05) is 103 Å². The molecule has 6 rings (SSSR count). The van der Waals surface area contributed by atoms with Gasteiger partial charge in [0.2, 0.25) is 11.8 Å². The van der Waals surface area contributed by atoms with E-state index >= 15 is 0 Å². The van der Waals surface area contributed by atoms with Crippen LogP contribution in [0.4, 0.5) is 5.69 Å². The molecule has 0 heterocycles. The lowest BCUT2D eigenvalue weighted by Gasteiger charge is -2.34. The average Bonchev–Trinajstić information content (AvgIpc) is 3.67. The van der Waals surface area contributed by atoms with Gasteiger partial charge in [-0.3, -0.25) is 13.9 Å². The van der Waals surface area contributed by atoms with Crippen molar-refractivity contribution in [3.8, 4) is 11.5 Å². The van der Waals surface area contributed by atoms with Crippen molar-refractivity contribution in [2.24, 2.45) is 0 Å². The Balaban J connectivity index is 1.39. The number of amides is 2. The standard InChI is InChI=1S/C43H45N3O5S/c1-32-21-27-40(28-22-32)52(49,50)46(37-23-25-39(26-24-37)51-38-19-7-4-8-20-38)31-42(47)45(30-35-16-10-9-13-33(35)2)41(29-34-14-5-3-6-15-34)43(48)44-36-17-11-12-18-36/h3-10,13-16,19-28,36,41H,11-12,17-18,29-31H2,1-2H3,(H,44,48)/t41-/m0/s1. The van der Waals surface area contributed by atoms with Gasteiger partial charge in [0.25, 0.3) is 10.0 Å². The number of hydrogen-bond donors (Lipinski definition) is 1. The zero-order chi connectivity index (χ0) is 36.5. The molecule has 0 aromatic heterocycles. The highest BCUT2D eigenvalue weighted by Gasteiger charge is 2.35. The number of ether oxygens (including phenoxy) is 1. The Morgan fingerprint density at radius 2 is 1.35 bits per heavy atom. The maximum absolute atomic E-state index is 14.9. The number of para-hydroxylation sites is 1. The minimum Gasteiger partial charge on any atom is -0.457 e. The summed E-state index contributed by atoms with van der Waals surface area (Å²) in [5.41, 5.74) is 3.94. The number of anilines is 1. The molecule has 5 aromatic carbocycles. The van der Waals surface area contributed by atoms with Gasteiger partial charge in [-0.05, 0) is 91.9 Å². The molecule has 1 N–H and O–H groups in total. The summed E-state index contributed by atoms with van der Waals surface area (Å²) in [7, 11) is -4.23. The SMILES string of the molecule is Cc1ccc(S(=O)(=O)N(CC(=O)N(Cc2ccccc2C)[C@@H](Cc2ccccc2)C(=O)NC2CCCC2)c2ccc(Oc3ccccc3)cc2)cc1. The minimum absolute atomic E-state index is 0.0382. The number of benzene rings is 5. The maximum atomic E-state index is 14.9. The molecule has 1 aliphatic carbocycles. The summed E-state index contributed by atoms with van der Waals surface area (Å²) in [6.07, 6.45) is 4.14. The van der Waals surface area contributed by atoms with Crippen LogP contribution in [0.25, 0.3) is 0 Å². The van der Waals surface area contributed by atoms with Crippen molar-refractivity contribution >= 4 is 27.5 Å². The van der Waals surface area contributed by atoms with E-state index in [1.54, 1.807) is 53.4 Å². The summed E-state index contributed by atoms with van der Waals surface area (Å²) in [4.78, 5) is 30.8. The first-order valence-electron chi connectivity index (χ1n) is 17.8. The minimum atomic E-state index is -4.23. The molecule has 9 heteroatoms. The molecule has 8 nitrogen and oxygen atoms in total. The second-order valence-corrected chi connectivity index (χ2v) is 15.2. The molecule has 1 atom stereocenters. The predicted octanol–water partition coefficient (Wildman–Crippen LogP) is 7.99. The lowest BCUT2D eigenvalue weighted by atomic mass is 10.0. The topological polar surface area (TPSA) is 96.0 Å². The number of rotatable bonds is 14. The van der Waals surface area contributed by atoms with Crippen LogP contribution in [0.2, 0.25) is 0 Å². The predicted molar refractivity (Wildman–Crippen MR) is 205 cm³/mol. The molecule has 0 spiro atoms. The van der Waals surface area contributed by atoms with Crippen LogP contribution in [0.1, 0.15) is 47.9 Å². The molecule has 1 aliphatic rings. The largest absolute Gasteiger partial charge is 0.457 e. The number of sulfonamides is 1. The third kappa shape index (κ3) is 9.08. The Hall–Kier alpha value is -5.41. The van der Waals surface area contributed by atoms with Crippen molar-refractivity contribution < 1.29 is 22.7 Å². The van der Waals surface area contributed by atoms with Crippen molar-refractivity contribution in [2.75, 3.05) is 10.8 Å². The molecule has 1 fully saturated rings. The van der Waals surface area contributed by atoms with Gasteiger partial charge >= 0.3 is 0 Å². The fraction of sp³-hybridized carbons (Fsp3) is 0.256. The van der Waals surface area contributed by atoms with Crippen LogP contribution in [0, 0.1) is 13.8 Å². The van der Waals surface area contributed by atoms with E-state index in [4.69, 9.17) is 4.74 Å². The number of hydrogen-bond acceptors (Lipinski definition) is 5. The van der Waals surface area contributed by atoms with E-state index in [0.29, 0.717) is 17.2 Å². The molecule has 5 aromatic rings. The van der Waals surface area contributed by atoms with Gasteiger partial charge in [-0.25, -0.2) is 8.42 Å². The van der Waals surface area contributed by atoms with E-state index < -0.39 is 28.5 Å². The Morgan fingerprint density at radius 3 is 2.00 bits per heavy atom. The van der Waals surface area contributed by atoms with Gasteiger partial charge in [-0.2, -0.15) is 0 Å². The van der Waals surface area contributed by atoms with E-state index in [1.807, 2.05) is 98.8 Å². The summed E-state index contributed by atoms with van der Waals surface area (Å²) >= 11 is 0. The highest BCUT2D eigenvalue weighted by Crippen LogP contribution is 2.29. The van der Waals surface area contributed by atoms with Gasteiger partial charge in [0.05, 0.1) is 10.6 Å². The molecule has 0 aliphatic heterocycles. The van der Waals surface area contributed by atoms with E-state index in [0.717, 1.165) is 52.2 Å². The molecule has 2 amide bonds. The second-order valence-electron chi connectivity index (χ2n) is 13.4. The smallest absolute Gasteiger partial charge is 0.264 e. The number of aryl methyl sites for hydroxylation is 2. The lowest BCUT2D eigenvalue weighted by molar-refractivity contribution is -0.140. The first-order valence-corrected chi connectivity index (χ1v) is 19.2. The summed E-state index contributed by atoms with van der Waals surface area (Å²) in [5.74, 6) is 0.419. The molecular formula is C43H45N3O5S. The van der Waals surface area contributed by atoms with E-state index in [2.05, 4.69) is 5.32 Å². The molecule has 0 radical (unpaired) electrons. The Morgan fingerprint density at radius 1 is 0.750 bits per heavy atom. The zero-order valence-corrected chi connectivity index (χ0v) is 30.5. The molecule has 268 valence electrons. The van der Waals surface area contributed by atoms with Crippen molar-refractivity contribution in [1.29, 1.82) is 0 Å². The second kappa shape index (κ2) is 16.7. The normalized spacial score (nSPS) is 13.7. The van der Waals surface area contributed by atoms with Crippen molar-refractivity contribution in [2.45, 2.75) is 69.5 Å². The fourth-order valence-corrected chi connectivity index (χ4v) is 7.98. The van der Waals surface area contributed by atoms with Crippen molar-refractivity contribution in [3.63, 3.8) is 0 Å². The number of carbonyl (C=O) groups is 2. The summed E-state index contributed by atoms with van der Waals surface area (Å²) in [6, 6.07) is 39.0. The first kappa shape index (κ1) is 36.4. The van der Waals surface area contributed by atoms with Crippen LogP contribution >= 0.6 is 0 Å². The quantitative estimate of drug-likeness (QED) is 0.126. The van der Waals surface area contributed by atoms with Crippen LogP contribution in [0.15, 0.2) is 138 Å². The summed E-state index contributed by atoms with van der Waals surface area (Å²) < 4.78 is 36.0. The average molecular weight is 716 g/mol. The van der Waals surface area contributed by atoms with Gasteiger partial charge in [0.15, 0.2) is 0 Å². The van der Waals surface area contributed by atoms with Gasteiger partial charge in [0.1, 0.15) is 24.1 Å². The first-order chi connectivity index (χ1) is 25.2. The third-order valence-corrected chi connectivity index (χ3v) is 11.4. The number of carbonyl (C=O) groups excluding carboxylic acids is 2. The summed E-state index contributed by atoms with van der Waals surface area (Å²) in [6.45, 7) is 3.46. The monoisotopic (exact) mass is 715 g/mol. The van der Waals surface area contributed by atoms with Crippen LogP contribution in [0.3, 0.4) is 0 Å². The Bertz CT molecular complexity index is 2050. The van der Waals surface area contributed by atoms with Crippen LogP contribution in [0.5, 0.6) is 11.5 Å². The van der Waals surface area contributed by atoms with Crippen LogP contribution < -0.4 is 14.4 Å². The summed E-state index contributed by atoms with van der Waals surface area (Å²) in [5, 5.41) is 3.23. The van der Waals surface area contributed by atoms with Gasteiger partial charge in [0, 0.05) is 19.0 Å². The number of nitrogens with one attached hydrogen (secondary N) is 1. The van der Waals surface area contributed by atoms with E-state index in [-0.39, 0.29) is 29.8 Å². The molecule has 0 saturated heterocycles. The Labute approximate surface area is 307 Å². The fourth-order valence-electron chi connectivity index (χ4n) is 6.56. The molecular weight excluding hydrogens is 671 g/mol. The highest BCUT2D eigenvalue weighted by molar-refractivity contribution is 7.92. The van der Waals surface area contributed by atoms with Gasteiger partial charge < -0.3 is 15.0 Å². The maximum Gasteiger partial charge on any atom is 0.264 e. The Kier molecular flexibility index (Phi) is 11.7. The number of nitrogens with zero attached hydrogens (tertiary/aromatic N) is 2. The molecule has 1 saturated carbocycles. The van der Waals surface area contributed by atoms with E-state index in [9.17, 15) is 18.0 Å².